The first-order valence-corrected chi connectivity index (χ1v) is 22.3. The lowest BCUT2D eigenvalue weighted by Gasteiger charge is -2.47. The SMILES string of the molecule is Cc1cc(=O)oc2cc3c(cc12)C(C)CC(C)(C)N3CCCC(=O)NCC#Cc1cn([C@H]2CC[C@@H](COP(=O)(O)OP(=O)(O)OP(=O)(O)O)O2)c2ncnc(N)c12. The van der Waals surface area contributed by atoms with E-state index in [4.69, 9.17) is 29.2 Å². The van der Waals surface area contributed by atoms with Crippen LogP contribution >= 0.6 is 23.5 Å². The number of carbonyl (C=O) groups is 1. The zero-order valence-corrected chi connectivity index (χ0v) is 34.0. The molecule has 2 aliphatic heterocycles. The molecule has 308 valence electrons. The predicted octanol–water partition coefficient (Wildman–Crippen LogP) is 4.49. The van der Waals surface area contributed by atoms with Crippen molar-refractivity contribution >= 4 is 62.9 Å². The third-order valence-corrected chi connectivity index (χ3v) is 13.5. The van der Waals surface area contributed by atoms with Crippen LogP contribution in [0.1, 0.15) is 81.7 Å². The van der Waals surface area contributed by atoms with E-state index in [1.807, 2.05) is 13.0 Å². The van der Waals surface area contributed by atoms with E-state index < -0.39 is 48.0 Å². The minimum absolute atomic E-state index is 0.0433. The van der Waals surface area contributed by atoms with Gasteiger partial charge in [-0.15, -0.1) is 0 Å². The van der Waals surface area contributed by atoms with Crippen LogP contribution in [-0.2, 0) is 36.4 Å². The summed E-state index contributed by atoms with van der Waals surface area (Å²) < 4.78 is 60.0. The number of rotatable bonds is 13. The van der Waals surface area contributed by atoms with Crippen molar-refractivity contribution in [1.82, 2.24) is 19.9 Å². The molecule has 0 aliphatic carbocycles. The summed E-state index contributed by atoms with van der Waals surface area (Å²) in [5.74, 6) is 6.21. The smallest absolute Gasteiger partial charge is 0.423 e. The van der Waals surface area contributed by atoms with Gasteiger partial charge in [0.2, 0.25) is 5.91 Å². The van der Waals surface area contributed by atoms with Gasteiger partial charge in [-0.1, -0.05) is 18.8 Å². The molecule has 0 spiro atoms. The number of carbonyl (C=O) groups excluding carboxylic acids is 1. The molecule has 6 rings (SSSR count). The van der Waals surface area contributed by atoms with Crippen LogP contribution in [0.25, 0.3) is 22.0 Å². The fraction of sp³-hybridized carbons (Fsp3) is 0.471. The normalized spacial score (nSPS) is 21.4. The highest BCUT2D eigenvalue weighted by molar-refractivity contribution is 7.66. The van der Waals surface area contributed by atoms with Crippen LogP contribution in [0.15, 0.2) is 39.9 Å². The van der Waals surface area contributed by atoms with E-state index in [9.17, 15) is 33.1 Å². The fourth-order valence-corrected chi connectivity index (χ4v) is 10.5. The molecule has 20 nitrogen and oxygen atoms in total. The molecule has 7 N–H and O–H groups in total. The Balaban J connectivity index is 1.05. The Kier molecular flexibility index (Phi) is 12.2. The molecule has 1 saturated heterocycles. The number of nitrogens with zero attached hydrogens (tertiary/aromatic N) is 4. The molecule has 3 unspecified atom stereocenters. The monoisotopic (exact) mass is 852 g/mol. The van der Waals surface area contributed by atoms with E-state index in [1.165, 1.54) is 18.0 Å². The number of benzene rings is 1. The number of nitrogen functional groups attached to an aromatic ring is 1. The van der Waals surface area contributed by atoms with Gasteiger partial charge in [-0.2, -0.15) is 8.62 Å². The average Bonchev–Trinajstić information content (AvgIpc) is 3.70. The highest BCUT2D eigenvalue weighted by Crippen LogP contribution is 2.66. The van der Waals surface area contributed by atoms with Crippen molar-refractivity contribution < 1.29 is 60.4 Å². The molecule has 0 radical (unpaired) electrons. The number of fused-ring (bicyclic) bond motifs is 3. The lowest BCUT2D eigenvalue weighted by Crippen LogP contribution is -2.49. The quantitative estimate of drug-likeness (QED) is 0.0613. The number of hydrogen-bond donors (Lipinski definition) is 6. The molecule has 1 amide bonds. The number of nitrogens with one attached hydrogen (secondary N) is 1. The number of ether oxygens (including phenoxy) is 1. The number of amides is 1. The topological polar surface area (TPSA) is 288 Å². The van der Waals surface area contributed by atoms with Crippen LogP contribution in [0.2, 0.25) is 0 Å². The number of anilines is 2. The van der Waals surface area contributed by atoms with Crippen molar-refractivity contribution in [2.45, 2.75) is 83.6 Å². The van der Waals surface area contributed by atoms with Crippen molar-refractivity contribution in [3.63, 3.8) is 0 Å². The summed E-state index contributed by atoms with van der Waals surface area (Å²) in [6, 6.07) is 5.55. The van der Waals surface area contributed by atoms with Gasteiger partial charge in [-0.25, -0.2) is 28.5 Å². The Hall–Kier alpha value is -3.95. The number of nitrogens with two attached hydrogens (primary N) is 1. The largest absolute Gasteiger partial charge is 0.490 e. The molecule has 1 fully saturated rings. The number of aromatic nitrogens is 3. The highest BCUT2D eigenvalue weighted by Gasteiger charge is 2.42. The Morgan fingerprint density at radius 1 is 1.11 bits per heavy atom. The molecule has 2 aliphatic rings. The molecule has 5 heterocycles. The molecule has 0 saturated carbocycles. The first kappa shape index (κ1) is 42.7. The van der Waals surface area contributed by atoms with Crippen LogP contribution in [-0.4, -0.2) is 71.4 Å². The maximum atomic E-state index is 12.9. The van der Waals surface area contributed by atoms with Gasteiger partial charge in [0.15, 0.2) is 0 Å². The van der Waals surface area contributed by atoms with E-state index in [0.717, 1.165) is 23.1 Å². The summed E-state index contributed by atoms with van der Waals surface area (Å²) in [7, 11) is -16.5. The zero-order valence-electron chi connectivity index (χ0n) is 31.4. The van der Waals surface area contributed by atoms with Gasteiger partial charge in [-0.3, -0.25) is 9.32 Å². The number of aryl methyl sites for hydroxylation is 1. The number of hydrogen-bond acceptors (Lipinski definition) is 14. The maximum absolute atomic E-state index is 12.9. The highest BCUT2D eigenvalue weighted by atomic mass is 31.3. The minimum atomic E-state index is -5.66. The van der Waals surface area contributed by atoms with Gasteiger partial charge in [0.1, 0.15) is 29.6 Å². The lowest BCUT2D eigenvalue weighted by atomic mass is 9.79. The summed E-state index contributed by atoms with van der Waals surface area (Å²) in [6.45, 7) is 8.49. The third-order valence-electron chi connectivity index (χ3n) is 9.71. The zero-order chi connectivity index (χ0) is 41.5. The van der Waals surface area contributed by atoms with Crippen molar-refractivity contribution in [2.24, 2.45) is 0 Å². The van der Waals surface area contributed by atoms with Crippen LogP contribution < -0.4 is 21.6 Å². The Bertz CT molecular complexity index is 2470. The summed E-state index contributed by atoms with van der Waals surface area (Å²) >= 11 is 0. The molecular weight excluding hydrogens is 809 g/mol. The number of phosphoric ester groups is 1. The Morgan fingerprint density at radius 2 is 1.86 bits per heavy atom. The number of phosphoric acid groups is 3. The van der Waals surface area contributed by atoms with Crippen molar-refractivity contribution in [2.75, 3.05) is 30.3 Å². The van der Waals surface area contributed by atoms with Crippen LogP contribution in [0.5, 0.6) is 0 Å². The third kappa shape index (κ3) is 10.2. The Morgan fingerprint density at radius 3 is 2.60 bits per heavy atom. The molecule has 4 aromatic rings. The van der Waals surface area contributed by atoms with Gasteiger partial charge in [0, 0.05) is 47.9 Å². The second kappa shape index (κ2) is 16.4. The van der Waals surface area contributed by atoms with Crippen molar-refractivity contribution in [1.29, 1.82) is 0 Å². The van der Waals surface area contributed by atoms with Crippen LogP contribution in [0.3, 0.4) is 0 Å². The maximum Gasteiger partial charge on any atom is 0.490 e. The molecule has 0 bridgehead atoms. The molecule has 57 heavy (non-hydrogen) atoms. The molecule has 23 heteroatoms. The fourth-order valence-electron chi connectivity index (χ4n) is 7.40. The second-order valence-electron chi connectivity index (χ2n) is 14.5. The average molecular weight is 853 g/mol. The Labute approximate surface area is 326 Å². The van der Waals surface area contributed by atoms with Gasteiger partial charge >= 0.3 is 29.1 Å². The first-order chi connectivity index (χ1) is 26.6. The van der Waals surface area contributed by atoms with E-state index in [-0.39, 0.29) is 36.1 Å². The molecule has 3 aromatic heterocycles. The van der Waals surface area contributed by atoms with E-state index in [1.54, 1.807) is 10.8 Å². The van der Waals surface area contributed by atoms with Gasteiger partial charge in [0.05, 0.1) is 30.2 Å². The molecule has 5 atom stereocenters. The van der Waals surface area contributed by atoms with Crippen LogP contribution in [0, 0.1) is 18.8 Å². The van der Waals surface area contributed by atoms with E-state index >= 15 is 0 Å². The summed E-state index contributed by atoms with van der Waals surface area (Å²) in [5.41, 5.74) is 10.0. The summed E-state index contributed by atoms with van der Waals surface area (Å²) in [4.78, 5) is 72.3. The van der Waals surface area contributed by atoms with Crippen molar-refractivity contribution in [3.05, 3.63) is 57.8 Å². The summed E-state index contributed by atoms with van der Waals surface area (Å²) in [5, 5.41) is 4.19. The molecule has 1 aromatic carbocycles. The van der Waals surface area contributed by atoms with Gasteiger partial charge in [0.25, 0.3) is 0 Å². The van der Waals surface area contributed by atoms with Gasteiger partial charge < -0.3 is 49.2 Å². The first-order valence-electron chi connectivity index (χ1n) is 17.8. The van der Waals surface area contributed by atoms with Crippen molar-refractivity contribution in [3.8, 4) is 11.8 Å². The van der Waals surface area contributed by atoms with Crippen LogP contribution in [0.4, 0.5) is 11.5 Å². The summed E-state index contributed by atoms with van der Waals surface area (Å²) in [6.07, 6.45) is 3.82. The van der Waals surface area contributed by atoms with Gasteiger partial charge in [-0.05, 0) is 69.6 Å². The second-order valence-corrected chi connectivity index (χ2v) is 18.9. The van der Waals surface area contributed by atoms with E-state index in [2.05, 4.69) is 67.5 Å². The minimum Gasteiger partial charge on any atom is -0.423 e. The standard InChI is InChI=1S/C34H43N6O14P3/c1-20-13-30(42)52-27-15-26-24(14-25(20)27)21(2)16-34(3,4)40(26)12-6-8-28(41)36-11-5-7-22-17-39(33-31(22)32(35)37-19-38-33)29-10-9-23(51-29)18-50-56(46,47)54-57(48,49)53-55(43,44)45/h13-15,17,19,21,23,29H,6,8-12,16,18H2,1-4H3,(H,36,41)(H,46,47)(H,48,49)(H2,35,37,38)(H2,43,44,45)/t21?,23-,29+/m0/s1. The van der Waals surface area contributed by atoms with E-state index in [0.29, 0.717) is 48.0 Å². The lowest BCUT2D eigenvalue weighted by molar-refractivity contribution is -0.120. The predicted molar refractivity (Wildman–Crippen MR) is 206 cm³/mol. The molecular formula is C34H43N6O14P3.